The zero-order valence-electron chi connectivity index (χ0n) is 11.1. The molecule has 0 aliphatic rings. The Kier molecular flexibility index (Phi) is 6.42. The molecule has 120 valence electrons. The van der Waals surface area contributed by atoms with E-state index in [0.29, 0.717) is 0 Å². The fourth-order valence-corrected chi connectivity index (χ4v) is 4.45. The normalized spacial score (nSPS) is 12.8. The van der Waals surface area contributed by atoms with Gasteiger partial charge < -0.3 is 0 Å². The molecule has 0 bridgehead atoms. The van der Waals surface area contributed by atoms with E-state index in [1.54, 1.807) is 0 Å². The van der Waals surface area contributed by atoms with Gasteiger partial charge in [0, 0.05) is 31.1 Å². The van der Waals surface area contributed by atoms with E-state index in [1.807, 2.05) is 0 Å². The maximum atomic E-state index is 13.8. The summed E-state index contributed by atoms with van der Waals surface area (Å²) in [6.07, 6.45) is 0.909. The maximum Gasteiger partial charge on any atom is 0.246 e. The third-order valence-corrected chi connectivity index (χ3v) is 5.98. The molecule has 1 aromatic rings. The van der Waals surface area contributed by atoms with Crippen molar-refractivity contribution in [3.8, 4) is 0 Å². The van der Waals surface area contributed by atoms with E-state index in [1.165, 1.54) is 0 Å². The minimum atomic E-state index is -4.21. The molecule has 0 aromatic heterocycles. The lowest BCUT2D eigenvalue weighted by atomic mass is 10.3. The number of hydrogen-bond acceptors (Lipinski definition) is 4. The van der Waals surface area contributed by atoms with Crippen LogP contribution in [0.1, 0.15) is 0 Å². The SMILES string of the molecule is CS(=O)(=O)c1ccc(F)c(S(=O)(=O)N(CCCl)CCCl)c1. The molecule has 5 nitrogen and oxygen atoms in total. The van der Waals surface area contributed by atoms with Gasteiger partial charge in [0.2, 0.25) is 10.0 Å². The van der Waals surface area contributed by atoms with Gasteiger partial charge >= 0.3 is 0 Å². The van der Waals surface area contributed by atoms with Crippen molar-refractivity contribution in [2.45, 2.75) is 9.79 Å². The van der Waals surface area contributed by atoms with Crippen LogP contribution in [-0.4, -0.2) is 52.2 Å². The lowest BCUT2D eigenvalue weighted by molar-refractivity contribution is 0.442. The molecule has 0 aliphatic heterocycles. The first-order valence-electron chi connectivity index (χ1n) is 5.76. The Hall–Kier alpha value is -0.410. The average molecular weight is 378 g/mol. The highest BCUT2D eigenvalue weighted by Crippen LogP contribution is 2.23. The Morgan fingerprint density at radius 2 is 1.62 bits per heavy atom. The van der Waals surface area contributed by atoms with E-state index in [4.69, 9.17) is 23.2 Å². The molecule has 0 saturated heterocycles. The van der Waals surface area contributed by atoms with Crippen molar-refractivity contribution >= 4 is 43.1 Å². The van der Waals surface area contributed by atoms with Crippen molar-refractivity contribution in [3.05, 3.63) is 24.0 Å². The zero-order valence-corrected chi connectivity index (χ0v) is 14.2. The molecule has 0 heterocycles. The van der Waals surface area contributed by atoms with Crippen molar-refractivity contribution in [2.24, 2.45) is 0 Å². The van der Waals surface area contributed by atoms with E-state index < -0.39 is 30.6 Å². The van der Waals surface area contributed by atoms with Gasteiger partial charge in [-0.15, -0.1) is 23.2 Å². The highest BCUT2D eigenvalue weighted by Gasteiger charge is 2.28. The second-order valence-electron chi connectivity index (χ2n) is 4.15. The smallest absolute Gasteiger partial charge is 0.224 e. The summed E-state index contributed by atoms with van der Waals surface area (Å²) in [4.78, 5) is -0.986. The van der Waals surface area contributed by atoms with Gasteiger partial charge in [0.25, 0.3) is 0 Å². The largest absolute Gasteiger partial charge is 0.246 e. The van der Waals surface area contributed by atoms with E-state index in [0.717, 1.165) is 28.8 Å². The van der Waals surface area contributed by atoms with Gasteiger partial charge in [-0.05, 0) is 18.2 Å². The molecule has 10 heteroatoms. The molecule has 0 N–H and O–H groups in total. The Balaban J connectivity index is 3.42. The number of halogens is 3. The fourth-order valence-electron chi connectivity index (χ4n) is 1.59. The molecular weight excluding hydrogens is 364 g/mol. The van der Waals surface area contributed by atoms with Gasteiger partial charge in [0.15, 0.2) is 9.84 Å². The first-order valence-corrected chi connectivity index (χ1v) is 10.2. The van der Waals surface area contributed by atoms with Crippen LogP contribution in [0.3, 0.4) is 0 Å². The van der Waals surface area contributed by atoms with Gasteiger partial charge in [-0.3, -0.25) is 0 Å². The Morgan fingerprint density at radius 3 is 2.05 bits per heavy atom. The third kappa shape index (κ3) is 4.53. The van der Waals surface area contributed by atoms with Crippen LogP contribution in [0.15, 0.2) is 28.0 Å². The fraction of sp³-hybridized carbons (Fsp3) is 0.455. The second kappa shape index (κ2) is 7.23. The Morgan fingerprint density at radius 1 is 1.10 bits per heavy atom. The lowest BCUT2D eigenvalue weighted by Crippen LogP contribution is -2.35. The Bertz CT molecular complexity index is 701. The molecule has 0 radical (unpaired) electrons. The van der Waals surface area contributed by atoms with E-state index >= 15 is 0 Å². The monoisotopic (exact) mass is 377 g/mol. The summed E-state index contributed by atoms with van der Waals surface area (Å²) in [5, 5.41) is 0. The minimum Gasteiger partial charge on any atom is -0.224 e. The number of nitrogens with zero attached hydrogens (tertiary/aromatic N) is 1. The predicted octanol–water partition coefficient (Wildman–Crippen LogP) is 1.70. The number of rotatable bonds is 7. The van der Waals surface area contributed by atoms with Gasteiger partial charge in [-0.25, -0.2) is 21.2 Å². The quantitative estimate of drug-likeness (QED) is 0.535. The third-order valence-electron chi connectivity index (χ3n) is 2.62. The first kappa shape index (κ1) is 18.6. The lowest BCUT2D eigenvalue weighted by Gasteiger charge is -2.20. The predicted molar refractivity (Wildman–Crippen MR) is 79.7 cm³/mol. The van der Waals surface area contributed by atoms with Crippen LogP contribution in [-0.2, 0) is 19.9 Å². The molecule has 0 unspecified atom stereocenters. The summed E-state index contributed by atoms with van der Waals surface area (Å²) >= 11 is 11.1. The summed E-state index contributed by atoms with van der Waals surface area (Å²) in [6, 6.07) is 2.62. The van der Waals surface area contributed by atoms with Crippen LogP contribution in [0.4, 0.5) is 4.39 Å². The van der Waals surface area contributed by atoms with Crippen LogP contribution in [0.25, 0.3) is 0 Å². The molecule has 1 aromatic carbocycles. The molecule has 21 heavy (non-hydrogen) atoms. The first-order chi connectivity index (χ1) is 9.64. The highest BCUT2D eigenvalue weighted by atomic mass is 35.5. The standard InChI is InChI=1S/C11H14Cl2FNO4S2/c1-20(16,17)9-2-3-10(14)11(8-9)21(18,19)15(6-4-12)7-5-13/h2-3,8H,4-7H2,1H3. The van der Waals surface area contributed by atoms with Crippen molar-refractivity contribution in [3.63, 3.8) is 0 Å². The Labute approximate surface area is 133 Å². The van der Waals surface area contributed by atoms with Crippen LogP contribution in [0, 0.1) is 5.82 Å². The van der Waals surface area contributed by atoms with E-state index in [-0.39, 0.29) is 29.7 Å². The van der Waals surface area contributed by atoms with Crippen LogP contribution < -0.4 is 0 Å². The van der Waals surface area contributed by atoms with Crippen molar-refractivity contribution in [1.29, 1.82) is 0 Å². The van der Waals surface area contributed by atoms with Gasteiger partial charge in [-0.1, -0.05) is 0 Å². The molecule has 0 aliphatic carbocycles. The highest BCUT2D eigenvalue weighted by molar-refractivity contribution is 7.91. The number of sulfone groups is 1. The van der Waals surface area contributed by atoms with Crippen molar-refractivity contribution < 1.29 is 21.2 Å². The number of hydrogen-bond donors (Lipinski definition) is 0. The molecule has 0 spiro atoms. The topological polar surface area (TPSA) is 71.5 Å². The second-order valence-corrected chi connectivity index (χ2v) is 8.82. The zero-order chi connectivity index (χ0) is 16.3. The van der Waals surface area contributed by atoms with Gasteiger partial charge in [0.1, 0.15) is 10.7 Å². The number of benzene rings is 1. The summed E-state index contributed by atoms with van der Waals surface area (Å²) in [6.45, 7) is -0.113. The molecule has 0 fully saturated rings. The minimum absolute atomic E-state index is 0.00348. The van der Waals surface area contributed by atoms with Crippen molar-refractivity contribution in [1.82, 2.24) is 4.31 Å². The van der Waals surface area contributed by atoms with Gasteiger partial charge in [-0.2, -0.15) is 4.31 Å². The van der Waals surface area contributed by atoms with Crippen molar-refractivity contribution in [2.75, 3.05) is 31.1 Å². The summed E-state index contributed by atoms with van der Waals surface area (Å²) in [5.74, 6) is -1.02. The molecule has 1 rings (SSSR count). The number of alkyl halides is 2. The summed E-state index contributed by atoms with van der Waals surface area (Å²) < 4.78 is 62.5. The van der Waals surface area contributed by atoms with Gasteiger partial charge in [0.05, 0.1) is 4.90 Å². The van der Waals surface area contributed by atoms with Crippen LogP contribution in [0.5, 0.6) is 0 Å². The van der Waals surface area contributed by atoms with Crippen LogP contribution >= 0.6 is 23.2 Å². The molecule has 0 atom stereocenters. The van der Waals surface area contributed by atoms with E-state index in [9.17, 15) is 21.2 Å². The average Bonchev–Trinajstić information content (AvgIpc) is 2.37. The molecular formula is C11H14Cl2FNO4S2. The number of sulfonamides is 1. The molecule has 0 amide bonds. The van der Waals surface area contributed by atoms with E-state index in [2.05, 4.69) is 0 Å². The molecule has 0 saturated carbocycles. The maximum absolute atomic E-state index is 13.8. The summed E-state index contributed by atoms with van der Waals surface area (Å²) in [5.41, 5.74) is 0. The van der Waals surface area contributed by atoms with Crippen LogP contribution in [0.2, 0.25) is 0 Å². The summed E-state index contributed by atoms with van der Waals surface area (Å²) in [7, 11) is -7.87.